The van der Waals surface area contributed by atoms with Crippen LogP contribution in [0.25, 0.3) is 0 Å². The molecule has 1 heterocycles. The number of unbranched alkanes of at least 4 members (excludes halogenated alkanes) is 3. The number of allylic oxidation sites excluding steroid dienone is 1. The Bertz CT molecular complexity index is 497. The van der Waals surface area contributed by atoms with Gasteiger partial charge in [-0.3, -0.25) is 4.79 Å². The fourth-order valence-electron chi connectivity index (χ4n) is 2.30. The number of aliphatic carboxylic acids is 1. The molecule has 0 aliphatic rings. The van der Waals surface area contributed by atoms with E-state index < -0.39 is 12.0 Å². The zero-order chi connectivity index (χ0) is 17.1. The van der Waals surface area contributed by atoms with E-state index in [9.17, 15) is 14.7 Å². The second kappa shape index (κ2) is 10.6. The molecule has 0 saturated heterocycles. The van der Waals surface area contributed by atoms with Crippen LogP contribution in [0, 0.1) is 0 Å². The molecule has 0 radical (unpaired) electrons. The van der Waals surface area contributed by atoms with Gasteiger partial charge in [-0.15, -0.1) is 0 Å². The third kappa shape index (κ3) is 8.18. The lowest BCUT2D eigenvalue weighted by atomic mass is 10.0. The molecule has 0 aliphatic heterocycles. The highest BCUT2D eigenvalue weighted by Crippen LogP contribution is 2.13. The highest BCUT2D eigenvalue weighted by molar-refractivity contribution is 5.83. The Kier molecular flexibility index (Phi) is 8.72. The minimum Gasteiger partial charge on any atom is -0.480 e. The zero-order valence-corrected chi connectivity index (χ0v) is 13.8. The number of aromatic nitrogens is 2. The summed E-state index contributed by atoms with van der Waals surface area (Å²) in [5.74, 6) is -1.32. The van der Waals surface area contributed by atoms with Gasteiger partial charge in [-0.2, -0.15) is 0 Å². The highest BCUT2D eigenvalue weighted by atomic mass is 16.4. The van der Waals surface area contributed by atoms with Gasteiger partial charge in [0.25, 0.3) is 0 Å². The highest BCUT2D eigenvalue weighted by Gasteiger charge is 2.21. The molecule has 3 N–H and O–H groups in total. The number of aromatic amines is 1. The Morgan fingerprint density at radius 1 is 1.30 bits per heavy atom. The van der Waals surface area contributed by atoms with Crippen LogP contribution < -0.4 is 5.32 Å². The van der Waals surface area contributed by atoms with Gasteiger partial charge in [0.1, 0.15) is 6.04 Å². The van der Waals surface area contributed by atoms with Crippen LogP contribution >= 0.6 is 0 Å². The van der Waals surface area contributed by atoms with Gasteiger partial charge < -0.3 is 15.4 Å². The maximum absolute atomic E-state index is 11.9. The lowest BCUT2D eigenvalue weighted by molar-refractivity contribution is -0.141. The van der Waals surface area contributed by atoms with E-state index in [0.717, 1.165) is 18.4 Å². The first kappa shape index (κ1) is 18.9. The van der Waals surface area contributed by atoms with E-state index in [1.807, 2.05) is 0 Å². The van der Waals surface area contributed by atoms with Crippen molar-refractivity contribution in [3.05, 3.63) is 30.4 Å². The molecule has 0 fully saturated rings. The number of hydrogen-bond acceptors (Lipinski definition) is 3. The molecule has 1 aromatic rings. The van der Waals surface area contributed by atoms with Crippen LogP contribution in [-0.4, -0.2) is 33.0 Å². The predicted molar refractivity (Wildman–Crippen MR) is 89.0 cm³/mol. The number of amides is 1. The largest absolute Gasteiger partial charge is 0.480 e. The van der Waals surface area contributed by atoms with Gasteiger partial charge in [0.15, 0.2) is 0 Å². The quantitative estimate of drug-likeness (QED) is 0.407. The number of nitrogens with zero attached hydrogens (tertiary/aromatic N) is 1. The Morgan fingerprint density at radius 3 is 2.70 bits per heavy atom. The molecule has 0 aliphatic carbocycles. The summed E-state index contributed by atoms with van der Waals surface area (Å²) >= 11 is 0. The molecule has 0 bridgehead atoms. The molecule has 6 heteroatoms. The predicted octanol–water partition coefficient (Wildman–Crippen LogP) is 2.83. The number of carboxylic acid groups (broad SMARTS) is 1. The van der Waals surface area contributed by atoms with Gasteiger partial charge >= 0.3 is 5.97 Å². The second-order valence-corrected chi connectivity index (χ2v) is 5.78. The van der Waals surface area contributed by atoms with Crippen LogP contribution in [0.2, 0.25) is 0 Å². The molecule has 1 aromatic heterocycles. The van der Waals surface area contributed by atoms with Crippen molar-refractivity contribution < 1.29 is 14.7 Å². The molecule has 1 atom stereocenters. The van der Waals surface area contributed by atoms with Crippen molar-refractivity contribution in [2.45, 2.75) is 64.3 Å². The number of carbonyl (C=O) groups excluding carboxylic acids is 1. The van der Waals surface area contributed by atoms with E-state index in [1.165, 1.54) is 25.6 Å². The third-order valence-electron chi connectivity index (χ3n) is 3.69. The van der Waals surface area contributed by atoms with Gasteiger partial charge in [-0.1, -0.05) is 38.3 Å². The molecule has 1 rings (SSSR count). The van der Waals surface area contributed by atoms with Gasteiger partial charge in [-0.25, -0.2) is 9.78 Å². The maximum Gasteiger partial charge on any atom is 0.326 e. The normalized spacial score (nSPS) is 11.9. The van der Waals surface area contributed by atoms with E-state index in [2.05, 4.69) is 28.8 Å². The topological polar surface area (TPSA) is 95.1 Å². The van der Waals surface area contributed by atoms with Crippen molar-refractivity contribution >= 4 is 11.9 Å². The van der Waals surface area contributed by atoms with Gasteiger partial charge in [-0.05, 0) is 19.3 Å². The number of carbonyl (C=O) groups is 2. The molecule has 0 spiro atoms. The Morgan fingerprint density at radius 2 is 2.09 bits per heavy atom. The number of nitrogens with one attached hydrogen (secondary N) is 2. The smallest absolute Gasteiger partial charge is 0.326 e. The van der Waals surface area contributed by atoms with Crippen LogP contribution in [0.1, 0.15) is 57.6 Å². The monoisotopic (exact) mass is 321 g/mol. The SMILES string of the molecule is C=C(CCCCCC)CCC(=O)NC(Cc1c[nH]cn1)C(=O)O. The standard InChI is InChI=1S/C17H27N3O3/c1-3-4-5-6-7-13(2)8-9-16(21)20-15(17(22)23)10-14-11-18-12-19-14/h11-12,15H,2-10H2,1H3,(H,18,19)(H,20,21)(H,22,23). The third-order valence-corrected chi connectivity index (χ3v) is 3.69. The van der Waals surface area contributed by atoms with Crippen molar-refractivity contribution in [2.75, 3.05) is 0 Å². The van der Waals surface area contributed by atoms with E-state index in [1.54, 1.807) is 6.20 Å². The van der Waals surface area contributed by atoms with Gasteiger partial charge in [0.05, 0.1) is 12.0 Å². The Balaban J connectivity index is 2.29. The van der Waals surface area contributed by atoms with Crippen LogP contribution in [-0.2, 0) is 16.0 Å². The second-order valence-electron chi connectivity index (χ2n) is 5.78. The van der Waals surface area contributed by atoms with Crippen molar-refractivity contribution in [1.82, 2.24) is 15.3 Å². The van der Waals surface area contributed by atoms with Crippen LogP contribution in [0.15, 0.2) is 24.7 Å². The van der Waals surface area contributed by atoms with Gasteiger partial charge in [0, 0.05) is 19.0 Å². The molecule has 0 aromatic carbocycles. The summed E-state index contributed by atoms with van der Waals surface area (Å²) in [5.41, 5.74) is 1.66. The number of carboxylic acids is 1. The molecular formula is C17H27N3O3. The van der Waals surface area contributed by atoms with E-state index >= 15 is 0 Å². The number of rotatable bonds is 12. The minimum absolute atomic E-state index is 0.169. The summed E-state index contributed by atoms with van der Waals surface area (Å²) in [6.45, 7) is 6.16. The fourth-order valence-corrected chi connectivity index (χ4v) is 2.30. The lowest BCUT2D eigenvalue weighted by Gasteiger charge is -2.13. The van der Waals surface area contributed by atoms with E-state index in [4.69, 9.17) is 0 Å². The summed E-state index contributed by atoms with van der Waals surface area (Å²) in [7, 11) is 0. The average molecular weight is 321 g/mol. The molecule has 1 unspecified atom stereocenters. The van der Waals surface area contributed by atoms with Crippen molar-refractivity contribution in [3.63, 3.8) is 0 Å². The zero-order valence-electron chi connectivity index (χ0n) is 13.8. The summed E-state index contributed by atoms with van der Waals surface area (Å²) in [5, 5.41) is 11.7. The van der Waals surface area contributed by atoms with Crippen LogP contribution in [0.4, 0.5) is 0 Å². The van der Waals surface area contributed by atoms with Crippen molar-refractivity contribution in [3.8, 4) is 0 Å². The molecule has 23 heavy (non-hydrogen) atoms. The number of hydrogen-bond donors (Lipinski definition) is 3. The van der Waals surface area contributed by atoms with Crippen molar-refractivity contribution in [2.24, 2.45) is 0 Å². The Hall–Kier alpha value is -2.11. The minimum atomic E-state index is -1.06. The van der Waals surface area contributed by atoms with E-state index in [0.29, 0.717) is 12.1 Å². The first-order valence-electron chi connectivity index (χ1n) is 8.19. The molecule has 6 nitrogen and oxygen atoms in total. The average Bonchev–Trinajstić information content (AvgIpc) is 3.02. The molecule has 0 saturated carbocycles. The van der Waals surface area contributed by atoms with Crippen molar-refractivity contribution in [1.29, 1.82) is 0 Å². The summed E-state index contributed by atoms with van der Waals surface area (Å²) in [6.07, 6.45) is 9.80. The fraction of sp³-hybridized carbons (Fsp3) is 0.588. The van der Waals surface area contributed by atoms with E-state index in [-0.39, 0.29) is 18.7 Å². The first-order chi connectivity index (χ1) is 11.0. The first-order valence-corrected chi connectivity index (χ1v) is 8.19. The molecule has 128 valence electrons. The Labute approximate surface area is 137 Å². The van der Waals surface area contributed by atoms with Gasteiger partial charge in [0.2, 0.25) is 5.91 Å². The summed E-state index contributed by atoms with van der Waals surface area (Å²) < 4.78 is 0. The maximum atomic E-state index is 11.9. The van der Waals surface area contributed by atoms with Crippen LogP contribution in [0.3, 0.4) is 0 Å². The lowest BCUT2D eigenvalue weighted by Crippen LogP contribution is -2.42. The number of imidazole rings is 1. The molecular weight excluding hydrogens is 294 g/mol. The summed E-state index contributed by atoms with van der Waals surface area (Å²) in [6, 6.07) is -0.955. The summed E-state index contributed by atoms with van der Waals surface area (Å²) in [4.78, 5) is 29.9. The molecule has 1 amide bonds. The van der Waals surface area contributed by atoms with Crippen LogP contribution in [0.5, 0.6) is 0 Å². The number of H-pyrrole nitrogens is 1.